The maximum atomic E-state index is 12.1. The van der Waals surface area contributed by atoms with Crippen molar-refractivity contribution in [1.29, 1.82) is 0 Å². The molecule has 1 amide bonds. The van der Waals surface area contributed by atoms with Gasteiger partial charge in [0.2, 0.25) is 0 Å². The highest BCUT2D eigenvalue weighted by molar-refractivity contribution is 5.92. The summed E-state index contributed by atoms with van der Waals surface area (Å²) in [6.45, 7) is 4.54. The van der Waals surface area contributed by atoms with Crippen LogP contribution in [0.3, 0.4) is 0 Å². The molecule has 1 N–H and O–H groups in total. The molecular formula is C18H23N5O. The van der Waals surface area contributed by atoms with E-state index >= 15 is 0 Å². The number of carbonyl (C=O) groups is 1. The van der Waals surface area contributed by atoms with Gasteiger partial charge in [-0.05, 0) is 64.2 Å². The number of aryl methyl sites for hydroxylation is 2. The summed E-state index contributed by atoms with van der Waals surface area (Å²) >= 11 is 0. The van der Waals surface area contributed by atoms with E-state index in [1.54, 1.807) is 16.8 Å². The lowest BCUT2D eigenvalue weighted by Crippen LogP contribution is -2.26. The lowest BCUT2D eigenvalue weighted by atomic mass is 9.97. The summed E-state index contributed by atoms with van der Waals surface area (Å²) in [6.07, 6.45) is 8.10. The van der Waals surface area contributed by atoms with Crippen LogP contribution < -0.4 is 5.32 Å². The van der Waals surface area contributed by atoms with E-state index in [9.17, 15) is 4.79 Å². The quantitative estimate of drug-likeness (QED) is 0.858. The Balaban J connectivity index is 1.57. The molecule has 0 spiro atoms. The van der Waals surface area contributed by atoms with Crippen molar-refractivity contribution in [3.05, 3.63) is 46.9 Å². The Kier molecular flexibility index (Phi) is 5.03. The monoisotopic (exact) mass is 325 g/mol. The first kappa shape index (κ1) is 16.4. The smallest absolute Gasteiger partial charge is 0.271 e. The summed E-state index contributed by atoms with van der Waals surface area (Å²) in [4.78, 5) is 12.1. The van der Waals surface area contributed by atoms with Gasteiger partial charge in [-0.25, -0.2) is 4.68 Å². The SMILES string of the molecule is Cc1cc(C)n(-c2ccc(C(=O)NCCC3=CCCCC3)nn2)n1. The average molecular weight is 325 g/mol. The molecule has 0 atom stereocenters. The van der Waals surface area contributed by atoms with Gasteiger partial charge < -0.3 is 5.32 Å². The number of rotatable bonds is 5. The number of allylic oxidation sites excluding steroid dienone is 1. The molecule has 2 aromatic rings. The minimum Gasteiger partial charge on any atom is -0.350 e. The third-order valence-electron chi connectivity index (χ3n) is 4.23. The second kappa shape index (κ2) is 7.38. The Bertz CT molecular complexity index is 745. The van der Waals surface area contributed by atoms with Gasteiger partial charge in [0, 0.05) is 12.2 Å². The topological polar surface area (TPSA) is 72.7 Å². The molecule has 0 aliphatic heterocycles. The minimum atomic E-state index is -0.182. The first-order valence-corrected chi connectivity index (χ1v) is 8.47. The van der Waals surface area contributed by atoms with E-state index in [0.29, 0.717) is 18.1 Å². The molecular weight excluding hydrogens is 302 g/mol. The zero-order valence-corrected chi connectivity index (χ0v) is 14.2. The predicted octanol–water partition coefficient (Wildman–Crippen LogP) is 2.90. The van der Waals surface area contributed by atoms with Crippen LogP contribution in [0.1, 0.15) is 54.0 Å². The molecule has 126 valence electrons. The first-order valence-electron chi connectivity index (χ1n) is 8.47. The Hall–Kier alpha value is -2.50. The molecule has 0 unspecified atom stereocenters. The van der Waals surface area contributed by atoms with Crippen LogP contribution in [0.15, 0.2) is 29.8 Å². The summed E-state index contributed by atoms with van der Waals surface area (Å²) in [5.41, 5.74) is 3.69. The lowest BCUT2D eigenvalue weighted by molar-refractivity contribution is 0.0948. The van der Waals surface area contributed by atoms with Gasteiger partial charge in [0.25, 0.3) is 5.91 Å². The summed E-state index contributed by atoms with van der Waals surface area (Å²) in [7, 11) is 0. The van der Waals surface area contributed by atoms with E-state index in [0.717, 1.165) is 24.2 Å². The van der Waals surface area contributed by atoms with Gasteiger partial charge in [0.1, 0.15) is 0 Å². The molecule has 0 fully saturated rings. The molecule has 0 radical (unpaired) electrons. The van der Waals surface area contributed by atoms with Crippen molar-refractivity contribution in [3.63, 3.8) is 0 Å². The summed E-state index contributed by atoms with van der Waals surface area (Å²) in [5.74, 6) is 0.434. The van der Waals surface area contributed by atoms with Crippen LogP contribution in [0.4, 0.5) is 0 Å². The van der Waals surface area contributed by atoms with Crippen molar-refractivity contribution in [3.8, 4) is 5.82 Å². The number of aromatic nitrogens is 4. The fraction of sp³-hybridized carbons (Fsp3) is 0.444. The van der Waals surface area contributed by atoms with Crippen LogP contribution >= 0.6 is 0 Å². The van der Waals surface area contributed by atoms with Gasteiger partial charge in [0.15, 0.2) is 11.5 Å². The van der Waals surface area contributed by atoms with Crippen LogP contribution in [-0.2, 0) is 0 Å². The molecule has 6 nitrogen and oxygen atoms in total. The molecule has 6 heteroatoms. The van der Waals surface area contributed by atoms with Crippen molar-refractivity contribution in [2.75, 3.05) is 6.54 Å². The van der Waals surface area contributed by atoms with E-state index in [1.165, 1.54) is 24.8 Å². The van der Waals surface area contributed by atoms with Crippen molar-refractivity contribution < 1.29 is 4.79 Å². The van der Waals surface area contributed by atoms with Gasteiger partial charge in [-0.1, -0.05) is 11.6 Å². The lowest BCUT2D eigenvalue weighted by Gasteiger charge is -2.12. The number of nitrogens with zero attached hydrogens (tertiary/aromatic N) is 4. The van der Waals surface area contributed by atoms with Crippen LogP contribution in [-0.4, -0.2) is 32.4 Å². The molecule has 0 saturated carbocycles. The Labute approximate surface area is 142 Å². The molecule has 1 aliphatic carbocycles. The van der Waals surface area contributed by atoms with E-state index < -0.39 is 0 Å². The molecule has 24 heavy (non-hydrogen) atoms. The Morgan fingerprint density at radius 2 is 2.12 bits per heavy atom. The fourth-order valence-electron chi connectivity index (χ4n) is 2.98. The zero-order chi connectivity index (χ0) is 16.9. The Morgan fingerprint density at radius 3 is 2.75 bits per heavy atom. The number of amides is 1. The van der Waals surface area contributed by atoms with Crippen LogP contribution in [0.25, 0.3) is 5.82 Å². The molecule has 1 aliphatic rings. The van der Waals surface area contributed by atoms with E-state index in [-0.39, 0.29) is 5.91 Å². The van der Waals surface area contributed by atoms with Crippen molar-refractivity contribution >= 4 is 5.91 Å². The van der Waals surface area contributed by atoms with Crippen molar-refractivity contribution in [1.82, 2.24) is 25.3 Å². The maximum absolute atomic E-state index is 12.1. The molecule has 2 heterocycles. The third-order valence-corrected chi connectivity index (χ3v) is 4.23. The van der Waals surface area contributed by atoms with Crippen LogP contribution in [0.5, 0.6) is 0 Å². The van der Waals surface area contributed by atoms with E-state index in [1.807, 2.05) is 19.9 Å². The van der Waals surface area contributed by atoms with Gasteiger partial charge in [0.05, 0.1) is 5.69 Å². The molecule has 0 aromatic carbocycles. The number of nitrogens with one attached hydrogen (secondary N) is 1. The normalized spacial score (nSPS) is 14.3. The zero-order valence-electron chi connectivity index (χ0n) is 14.2. The first-order chi connectivity index (χ1) is 11.6. The summed E-state index contributed by atoms with van der Waals surface area (Å²) < 4.78 is 1.72. The second-order valence-electron chi connectivity index (χ2n) is 6.23. The molecule has 0 bridgehead atoms. The molecule has 0 saturated heterocycles. The third kappa shape index (κ3) is 3.88. The average Bonchev–Trinajstić information content (AvgIpc) is 2.94. The van der Waals surface area contributed by atoms with Gasteiger partial charge in [-0.2, -0.15) is 5.10 Å². The van der Waals surface area contributed by atoms with Crippen LogP contribution in [0.2, 0.25) is 0 Å². The highest BCUT2D eigenvalue weighted by Gasteiger charge is 2.11. The van der Waals surface area contributed by atoms with Crippen LogP contribution in [0, 0.1) is 13.8 Å². The number of hydrogen-bond donors (Lipinski definition) is 1. The number of carbonyl (C=O) groups excluding carboxylic acids is 1. The second-order valence-corrected chi connectivity index (χ2v) is 6.23. The summed E-state index contributed by atoms with van der Waals surface area (Å²) in [6, 6.07) is 5.43. The minimum absolute atomic E-state index is 0.182. The highest BCUT2D eigenvalue weighted by atomic mass is 16.1. The van der Waals surface area contributed by atoms with Gasteiger partial charge in [-0.15, -0.1) is 10.2 Å². The molecule has 2 aromatic heterocycles. The standard InChI is InChI=1S/C18H23N5O/c1-13-12-14(2)23(22-13)17-9-8-16(20-21-17)18(24)19-11-10-15-6-4-3-5-7-15/h6,8-9,12H,3-5,7,10-11H2,1-2H3,(H,19,24). The van der Waals surface area contributed by atoms with Gasteiger partial charge in [-0.3, -0.25) is 4.79 Å². The highest BCUT2D eigenvalue weighted by Crippen LogP contribution is 2.19. The van der Waals surface area contributed by atoms with E-state index in [4.69, 9.17) is 0 Å². The maximum Gasteiger partial charge on any atom is 0.271 e. The van der Waals surface area contributed by atoms with Gasteiger partial charge >= 0.3 is 0 Å². The largest absolute Gasteiger partial charge is 0.350 e. The molecule has 3 rings (SSSR count). The fourth-order valence-corrected chi connectivity index (χ4v) is 2.98. The van der Waals surface area contributed by atoms with Crippen molar-refractivity contribution in [2.45, 2.75) is 46.0 Å². The van der Waals surface area contributed by atoms with Crippen molar-refractivity contribution in [2.24, 2.45) is 0 Å². The summed E-state index contributed by atoms with van der Waals surface area (Å²) in [5, 5.41) is 15.4. The Morgan fingerprint density at radius 1 is 1.25 bits per heavy atom. The predicted molar refractivity (Wildman–Crippen MR) is 92.1 cm³/mol. The number of hydrogen-bond acceptors (Lipinski definition) is 4. The van der Waals surface area contributed by atoms with E-state index in [2.05, 4.69) is 26.7 Å².